The molecule has 150 valence electrons. The molecule has 0 saturated heterocycles. The lowest BCUT2D eigenvalue weighted by Gasteiger charge is -2.09. The average molecular weight is 421 g/mol. The van der Waals surface area contributed by atoms with E-state index in [0.717, 1.165) is 5.56 Å². The van der Waals surface area contributed by atoms with E-state index < -0.39 is 18.5 Å². The molecule has 0 fully saturated rings. The molecule has 0 aliphatic rings. The highest BCUT2D eigenvalue weighted by atomic mass is 32.1. The summed E-state index contributed by atoms with van der Waals surface area (Å²) in [7, 11) is 0. The summed E-state index contributed by atoms with van der Waals surface area (Å²) in [6.07, 6.45) is 3.09. The predicted molar refractivity (Wildman–Crippen MR) is 111 cm³/mol. The number of carbonyl (C=O) groups is 3. The van der Waals surface area contributed by atoms with Crippen LogP contribution in [-0.4, -0.2) is 44.0 Å². The topological polar surface area (TPSA) is 126 Å². The number of rotatable bonds is 6. The number of thiophene rings is 1. The van der Waals surface area contributed by atoms with Crippen molar-refractivity contribution in [3.63, 3.8) is 0 Å². The van der Waals surface area contributed by atoms with Crippen LogP contribution in [0.15, 0.2) is 60.2 Å². The first kappa shape index (κ1) is 19.3. The first-order chi connectivity index (χ1) is 14.5. The molecule has 0 bridgehead atoms. The Morgan fingerprint density at radius 3 is 2.77 bits per heavy atom. The van der Waals surface area contributed by atoms with Crippen molar-refractivity contribution in [3.8, 4) is 11.3 Å². The van der Waals surface area contributed by atoms with Crippen molar-refractivity contribution in [2.45, 2.75) is 0 Å². The Kier molecular flexibility index (Phi) is 5.22. The summed E-state index contributed by atoms with van der Waals surface area (Å²) in [5.41, 5.74) is 2.73. The third-order valence-corrected chi connectivity index (χ3v) is 5.08. The predicted octanol–water partition coefficient (Wildman–Crippen LogP) is 2.89. The van der Waals surface area contributed by atoms with Gasteiger partial charge in [0.25, 0.3) is 0 Å². The van der Waals surface area contributed by atoms with Gasteiger partial charge in [-0.1, -0.05) is 18.2 Å². The second-order valence-electron chi connectivity index (χ2n) is 6.21. The van der Waals surface area contributed by atoms with Crippen molar-refractivity contribution in [2.75, 3.05) is 11.9 Å². The minimum Gasteiger partial charge on any atom is -0.480 e. The van der Waals surface area contributed by atoms with Crippen LogP contribution >= 0.6 is 11.3 Å². The molecule has 2 amide bonds. The number of nitrogens with zero attached hydrogens (tertiary/aromatic N) is 3. The van der Waals surface area contributed by atoms with Gasteiger partial charge in [0, 0.05) is 17.4 Å². The Morgan fingerprint density at radius 1 is 1.13 bits per heavy atom. The number of ketones is 1. The fourth-order valence-electron chi connectivity index (χ4n) is 2.90. The number of hydrogen-bond donors (Lipinski definition) is 3. The smallest absolute Gasteiger partial charge is 0.323 e. The molecule has 3 N–H and O–H groups in total. The van der Waals surface area contributed by atoms with E-state index in [-0.39, 0.29) is 5.78 Å². The molecular formula is C20H15N5O4S. The molecule has 0 spiro atoms. The number of benzene rings is 1. The Balaban J connectivity index is 1.65. The number of fused-ring (bicyclic) bond motifs is 1. The van der Waals surface area contributed by atoms with Crippen molar-refractivity contribution in [1.29, 1.82) is 0 Å². The zero-order valence-corrected chi connectivity index (χ0v) is 16.2. The van der Waals surface area contributed by atoms with E-state index in [4.69, 9.17) is 5.11 Å². The molecular weight excluding hydrogens is 406 g/mol. The van der Waals surface area contributed by atoms with Gasteiger partial charge in [-0.25, -0.2) is 14.3 Å². The van der Waals surface area contributed by atoms with Crippen LogP contribution in [0.1, 0.15) is 15.2 Å². The lowest BCUT2D eigenvalue weighted by molar-refractivity contribution is -0.135. The largest absolute Gasteiger partial charge is 0.480 e. The number of anilines is 1. The first-order valence-electron chi connectivity index (χ1n) is 8.81. The van der Waals surface area contributed by atoms with E-state index in [9.17, 15) is 14.4 Å². The second kappa shape index (κ2) is 8.13. The Hall–Kier alpha value is -4.05. The zero-order valence-electron chi connectivity index (χ0n) is 15.4. The van der Waals surface area contributed by atoms with Crippen molar-refractivity contribution >= 4 is 40.5 Å². The zero-order chi connectivity index (χ0) is 21.1. The van der Waals surface area contributed by atoms with E-state index in [1.165, 1.54) is 17.5 Å². The van der Waals surface area contributed by atoms with Crippen LogP contribution in [0.4, 0.5) is 10.5 Å². The van der Waals surface area contributed by atoms with Gasteiger partial charge in [0.1, 0.15) is 6.54 Å². The van der Waals surface area contributed by atoms with Gasteiger partial charge in [-0.15, -0.1) is 11.3 Å². The Bertz CT molecular complexity index is 1250. The molecule has 9 nitrogen and oxygen atoms in total. The average Bonchev–Trinajstić information content (AvgIpc) is 3.42. The maximum atomic E-state index is 12.7. The van der Waals surface area contributed by atoms with Gasteiger partial charge in [0.2, 0.25) is 5.78 Å². The van der Waals surface area contributed by atoms with Crippen molar-refractivity contribution in [2.24, 2.45) is 0 Å². The SMILES string of the molecule is O=C(O)CNC(=O)Nc1cccc(-c2ccnc3c(C(=O)c4cccs4)cnn23)c1. The number of carboxylic acid groups (broad SMARTS) is 1. The van der Waals surface area contributed by atoms with E-state index in [0.29, 0.717) is 27.5 Å². The number of urea groups is 1. The van der Waals surface area contributed by atoms with Gasteiger partial charge >= 0.3 is 12.0 Å². The van der Waals surface area contributed by atoms with Gasteiger partial charge < -0.3 is 15.7 Å². The molecule has 1 aromatic carbocycles. The van der Waals surface area contributed by atoms with Crippen LogP contribution < -0.4 is 10.6 Å². The lowest BCUT2D eigenvalue weighted by Crippen LogP contribution is -2.33. The fourth-order valence-corrected chi connectivity index (χ4v) is 3.58. The maximum Gasteiger partial charge on any atom is 0.323 e. The number of amides is 2. The number of hydrogen-bond acceptors (Lipinski definition) is 6. The summed E-state index contributed by atoms with van der Waals surface area (Å²) in [6, 6.07) is 11.7. The Morgan fingerprint density at radius 2 is 2.00 bits per heavy atom. The number of aliphatic carboxylic acids is 1. The number of carbonyl (C=O) groups excluding carboxylic acids is 2. The molecule has 3 heterocycles. The van der Waals surface area contributed by atoms with Crippen molar-refractivity contribution in [1.82, 2.24) is 19.9 Å². The van der Waals surface area contributed by atoms with Gasteiger partial charge in [0.15, 0.2) is 5.65 Å². The van der Waals surface area contributed by atoms with Gasteiger partial charge in [-0.3, -0.25) is 9.59 Å². The summed E-state index contributed by atoms with van der Waals surface area (Å²) in [4.78, 5) is 40.0. The highest BCUT2D eigenvalue weighted by Gasteiger charge is 2.18. The summed E-state index contributed by atoms with van der Waals surface area (Å²) < 4.78 is 1.57. The minimum absolute atomic E-state index is 0.143. The summed E-state index contributed by atoms with van der Waals surface area (Å²) in [6.45, 7) is -0.481. The highest BCUT2D eigenvalue weighted by molar-refractivity contribution is 7.12. The lowest BCUT2D eigenvalue weighted by atomic mass is 10.1. The van der Waals surface area contributed by atoms with Gasteiger partial charge in [-0.05, 0) is 29.6 Å². The quantitative estimate of drug-likeness (QED) is 0.411. The number of aromatic nitrogens is 3. The molecule has 0 atom stereocenters. The molecule has 30 heavy (non-hydrogen) atoms. The summed E-state index contributed by atoms with van der Waals surface area (Å²) in [5.74, 6) is -1.28. The molecule has 4 rings (SSSR count). The highest BCUT2D eigenvalue weighted by Crippen LogP contribution is 2.25. The van der Waals surface area contributed by atoms with Crippen LogP contribution in [-0.2, 0) is 4.79 Å². The molecule has 0 saturated carbocycles. The summed E-state index contributed by atoms with van der Waals surface area (Å²) >= 11 is 1.35. The molecule has 3 aromatic heterocycles. The maximum absolute atomic E-state index is 12.7. The van der Waals surface area contributed by atoms with Crippen LogP contribution in [0, 0.1) is 0 Å². The van der Waals surface area contributed by atoms with Gasteiger partial charge in [-0.2, -0.15) is 5.10 Å². The molecule has 0 radical (unpaired) electrons. The summed E-state index contributed by atoms with van der Waals surface area (Å²) in [5, 5.41) is 19.6. The minimum atomic E-state index is -1.13. The van der Waals surface area contributed by atoms with Crippen LogP contribution in [0.5, 0.6) is 0 Å². The Labute approximate surface area is 174 Å². The first-order valence-corrected chi connectivity index (χ1v) is 9.69. The number of carboxylic acids is 1. The van der Waals surface area contributed by atoms with Crippen molar-refractivity contribution < 1.29 is 19.5 Å². The van der Waals surface area contributed by atoms with Gasteiger partial charge in [0.05, 0.1) is 22.3 Å². The molecule has 4 aromatic rings. The normalized spacial score (nSPS) is 10.7. The molecule has 10 heteroatoms. The second-order valence-corrected chi connectivity index (χ2v) is 7.16. The molecule has 0 unspecified atom stereocenters. The third kappa shape index (κ3) is 3.89. The van der Waals surface area contributed by atoms with E-state index in [1.807, 2.05) is 17.5 Å². The monoisotopic (exact) mass is 421 g/mol. The van der Waals surface area contributed by atoms with E-state index >= 15 is 0 Å². The van der Waals surface area contributed by atoms with Crippen LogP contribution in [0.3, 0.4) is 0 Å². The van der Waals surface area contributed by atoms with Crippen LogP contribution in [0.25, 0.3) is 16.9 Å². The molecule has 0 aliphatic carbocycles. The molecule has 0 aliphatic heterocycles. The fraction of sp³-hybridized carbons (Fsp3) is 0.0500. The van der Waals surface area contributed by atoms with E-state index in [1.54, 1.807) is 41.0 Å². The third-order valence-electron chi connectivity index (χ3n) is 4.21. The standard InChI is InChI=1S/C20H15N5O4S/c26-17(27)11-22-20(29)24-13-4-1-3-12(9-13)15-6-7-21-19-14(10-23-25(15)19)18(28)16-5-2-8-30-16/h1-10H,11H2,(H,26,27)(H2,22,24,29). The van der Waals surface area contributed by atoms with Crippen molar-refractivity contribution in [3.05, 3.63) is 70.7 Å². The van der Waals surface area contributed by atoms with E-state index in [2.05, 4.69) is 20.7 Å². The van der Waals surface area contributed by atoms with Crippen LogP contribution in [0.2, 0.25) is 0 Å². The number of nitrogens with one attached hydrogen (secondary N) is 2.